The number of carbonyl (C=O) groups excluding carboxylic acids is 1. The molecule has 0 saturated heterocycles. The van der Waals surface area contributed by atoms with Gasteiger partial charge in [-0.15, -0.1) is 0 Å². The van der Waals surface area contributed by atoms with Crippen molar-refractivity contribution in [3.05, 3.63) is 24.0 Å². The van der Waals surface area contributed by atoms with Gasteiger partial charge < -0.3 is 14.8 Å². The van der Waals surface area contributed by atoms with Gasteiger partial charge in [0.25, 0.3) is 0 Å². The van der Waals surface area contributed by atoms with Crippen LogP contribution in [0.15, 0.2) is 18.3 Å². The highest BCUT2D eigenvalue weighted by atomic mass is 16.6. The van der Waals surface area contributed by atoms with Crippen molar-refractivity contribution in [2.75, 3.05) is 6.54 Å². The minimum absolute atomic E-state index is 0.122. The van der Waals surface area contributed by atoms with Gasteiger partial charge in [-0.05, 0) is 46.2 Å². The van der Waals surface area contributed by atoms with E-state index in [-0.39, 0.29) is 12.0 Å². The van der Waals surface area contributed by atoms with Crippen LogP contribution in [0.2, 0.25) is 0 Å². The normalized spacial score (nSPS) is 21.6. The van der Waals surface area contributed by atoms with Crippen LogP contribution in [0.1, 0.15) is 45.7 Å². The molecule has 0 aromatic carbocycles. The zero-order chi connectivity index (χ0) is 14.8. The Labute approximate surface area is 119 Å². The Morgan fingerprint density at radius 3 is 3.00 bits per heavy atom. The molecule has 0 bridgehead atoms. The number of hydrogen-bond acceptors (Lipinski definition) is 4. The van der Waals surface area contributed by atoms with Crippen LogP contribution in [0.25, 0.3) is 0 Å². The number of nitrogens with zero attached hydrogens (tertiary/aromatic N) is 1. The number of pyridine rings is 1. The quantitative estimate of drug-likeness (QED) is 0.903. The van der Waals surface area contributed by atoms with Crippen molar-refractivity contribution in [3.8, 4) is 5.75 Å². The lowest BCUT2D eigenvalue weighted by Crippen LogP contribution is -2.37. The lowest BCUT2D eigenvalue weighted by molar-refractivity contribution is 0.0517. The molecular formula is C15H22N2O3. The number of carbonyl (C=O) groups is 1. The summed E-state index contributed by atoms with van der Waals surface area (Å²) in [5.41, 5.74) is 0.421. The Morgan fingerprint density at radius 2 is 2.30 bits per heavy atom. The van der Waals surface area contributed by atoms with Crippen molar-refractivity contribution in [1.82, 2.24) is 10.3 Å². The molecule has 2 rings (SSSR count). The van der Waals surface area contributed by atoms with Crippen molar-refractivity contribution in [2.45, 2.75) is 51.7 Å². The number of nitrogens with one attached hydrogen (secondary N) is 1. The molecule has 0 spiro atoms. The summed E-state index contributed by atoms with van der Waals surface area (Å²) in [6.45, 7) is 8.07. The van der Waals surface area contributed by atoms with E-state index in [4.69, 9.17) is 9.47 Å². The maximum atomic E-state index is 11.7. The van der Waals surface area contributed by atoms with Crippen molar-refractivity contribution in [3.63, 3.8) is 0 Å². The van der Waals surface area contributed by atoms with Crippen LogP contribution in [0, 0.1) is 0 Å². The van der Waals surface area contributed by atoms with Gasteiger partial charge >= 0.3 is 6.09 Å². The monoisotopic (exact) mass is 278 g/mol. The summed E-state index contributed by atoms with van der Waals surface area (Å²) < 4.78 is 11.0. The number of aromatic nitrogens is 1. The van der Waals surface area contributed by atoms with E-state index in [0.29, 0.717) is 6.54 Å². The van der Waals surface area contributed by atoms with Crippen molar-refractivity contribution < 1.29 is 14.3 Å². The van der Waals surface area contributed by atoms with Gasteiger partial charge in [0.15, 0.2) is 0 Å². The molecule has 1 aliphatic rings. The summed E-state index contributed by atoms with van der Waals surface area (Å²) in [6, 6.07) is 3.77. The average molecular weight is 278 g/mol. The van der Waals surface area contributed by atoms with E-state index in [9.17, 15) is 4.79 Å². The Morgan fingerprint density at radius 1 is 1.55 bits per heavy atom. The minimum Gasteiger partial charge on any atom is -0.489 e. The number of amides is 1. The first-order valence-corrected chi connectivity index (χ1v) is 6.93. The van der Waals surface area contributed by atoms with E-state index in [2.05, 4.69) is 10.3 Å². The van der Waals surface area contributed by atoms with E-state index in [1.165, 1.54) is 0 Å². The van der Waals surface area contributed by atoms with E-state index in [0.717, 1.165) is 17.9 Å². The summed E-state index contributed by atoms with van der Waals surface area (Å²) in [5, 5.41) is 2.81. The van der Waals surface area contributed by atoms with Gasteiger partial charge in [-0.1, -0.05) is 0 Å². The first-order chi connectivity index (χ1) is 9.35. The third kappa shape index (κ3) is 3.85. The van der Waals surface area contributed by atoms with Crippen LogP contribution in [0.3, 0.4) is 0 Å². The summed E-state index contributed by atoms with van der Waals surface area (Å²) in [6.07, 6.45) is 2.31. The molecule has 5 heteroatoms. The van der Waals surface area contributed by atoms with E-state index in [1.54, 1.807) is 6.20 Å². The standard InChI is InChI=1S/C15H22N2O3/c1-10-8-11(9-17-14(18)20-15(2,3)4)13-12(19-10)6-5-7-16-13/h5-7,10-11H,8-9H2,1-4H3,(H,17,18)/t10-,11-/m1/s1. The van der Waals surface area contributed by atoms with Crippen LogP contribution in [-0.2, 0) is 4.74 Å². The molecule has 20 heavy (non-hydrogen) atoms. The topological polar surface area (TPSA) is 60.5 Å². The van der Waals surface area contributed by atoms with Crippen LogP contribution in [0.4, 0.5) is 4.79 Å². The van der Waals surface area contributed by atoms with Gasteiger partial charge in [0.1, 0.15) is 11.4 Å². The SMILES string of the molecule is C[C@@H]1C[C@H](CNC(=O)OC(C)(C)C)c2ncccc2O1. The molecule has 0 radical (unpaired) electrons. The molecule has 1 N–H and O–H groups in total. The molecule has 5 nitrogen and oxygen atoms in total. The summed E-state index contributed by atoms with van der Waals surface area (Å²) in [7, 11) is 0. The molecule has 0 fully saturated rings. The fourth-order valence-electron chi connectivity index (χ4n) is 2.29. The molecule has 0 unspecified atom stereocenters. The number of alkyl carbamates (subject to hydrolysis) is 1. The van der Waals surface area contributed by atoms with Crippen molar-refractivity contribution >= 4 is 6.09 Å². The van der Waals surface area contributed by atoms with Crippen LogP contribution >= 0.6 is 0 Å². The van der Waals surface area contributed by atoms with E-state index >= 15 is 0 Å². The molecule has 1 aromatic heterocycles. The van der Waals surface area contributed by atoms with Gasteiger partial charge in [-0.2, -0.15) is 0 Å². The molecule has 110 valence electrons. The maximum absolute atomic E-state index is 11.7. The predicted molar refractivity (Wildman–Crippen MR) is 75.9 cm³/mol. The van der Waals surface area contributed by atoms with E-state index in [1.807, 2.05) is 39.8 Å². The summed E-state index contributed by atoms with van der Waals surface area (Å²) in [4.78, 5) is 16.1. The second-order valence-electron chi connectivity index (χ2n) is 6.13. The van der Waals surface area contributed by atoms with Crippen LogP contribution in [-0.4, -0.2) is 29.3 Å². The van der Waals surface area contributed by atoms with E-state index < -0.39 is 11.7 Å². The fraction of sp³-hybridized carbons (Fsp3) is 0.600. The molecule has 2 atom stereocenters. The number of hydrogen-bond donors (Lipinski definition) is 1. The van der Waals surface area contributed by atoms with Gasteiger partial charge in [0.05, 0.1) is 11.8 Å². The molecule has 2 heterocycles. The Hall–Kier alpha value is -1.78. The first kappa shape index (κ1) is 14.6. The predicted octanol–water partition coefficient (Wildman–Crippen LogP) is 2.86. The van der Waals surface area contributed by atoms with Gasteiger partial charge in [-0.25, -0.2) is 4.79 Å². The number of fused-ring (bicyclic) bond motifs is 1. The third-order valence-corrected chi connectivity index (χ3v) is 3.02. The fourth-order valence-corrected chi connectivity index (χ4v) is 2.29. The molecule has 0 saturated carbocycles. The maximum Gasteiger partial charge on any atom is 0.407 e. The van der Waals surface area contributed by atoms with Gasteiger partial charge in [0, 0.05) is 18.7 Å². The van der Waals surface area contributed by atoms with Crippen LogP contribution < -0.4 is 10.1 Å². The zero-order valence-corrected chi connectivity index (χ0v) is 12.5. The highest BCUT2D eigenvalue weighted by Gasteiger charge is 2.27. The Balaban J connectivity index is 1.98. The smallest absolute Gasteiger partial charge is 0.407 e. The highest BCUT2D eigenvalue weighted by Crippen LogP contribution is 2.33. The number of rotatable bonds is 2. The molecule has 1 amide bonds. The summed E-state index contributed by atoms with van der Waals surface area (Å²) >= 11 is 0. The largest absolute Gasteiger partial charge is 0.489 e. The second-order valence-corrected chi connectivity index (χ2v) is 6.13. The lowest BCUT2D eigenvalue weighted by atomic mass is 9.94. The third-order valence-electron chi connectivity index (χ3n) is 3.02. The Kier molecular flexibility index (Phi) is 4.16. The zero-order valence-electron chi connectivity index (χ0n) is 12.5. The van der Waals surface area contributed by atoms with Crippen molar-refractivity contribution in [2.24, 2.45) is 0 Å². The molecular weight excluding hydrogens is 256 g/mol. The molecule has 1 aromatic rings. The lowest BCUT2D eigenvalue weighted by Gasteiger charge is -2.29. The Bertz CT molecular complexity index is 482. The first-order valence-electron chi connectivity index (χ1n) is 6.93. The van der Waals surface area contributed by atoms with Crippen molar-refractivity contribution in [1.29, 1.82) is 0 Å². The average Bonchev–Trinajstić information content (AvgIpc) is 2.33. The molecule has 0 aliphatic carbocycles. The second kappa shape index (κ2) is 5.69. The molecule has 1 aliphatic heterocycles. The van der Waals surface area contributed by atoms with Crippen LogP contribution in [0.5, 0.6) is 5.75 Å². The number of ether oxygens (including phenoxy) is 2. The van der Waals surface area contributed by atoms with Gasteiger partial charge in [-0.3, -0.25) is 4.98 Å². The van der Waals surface area contributed by atoms with Gasteiger partial charge in [0.2, 0.25) is 0 Å². The minimum atomic E-state index is -0.483. The highest BCUT2D eigenvalue weighted by molar-refractivity contribution is 5.67. The summed E-state index contributed by atoms with van der Waals surface area (Å²) in [5.74, 6) is 0.963.